The summed E-state index contributed by atoms with van der Waals surface area (Å²) >= 11 is 0. The highest BCUT2D eigenvalue weighted by Gasteiger charge is 2.26. The van der Waals surface area contributed by atoms with Crippen molar-refractivity contribution in [3.8, 4) is 11.5 Å². The highest BCUT2D eigenvalue weighted by atomic mass is 16.5. The van der Waals surface area contributed by atoms with E-state index >= 15 is 0 Å². The number of hydrogen-bond donors (Lipinski definition) is 2. The van der Waals surface area contributed by atoms with Crippen molar-refractivity contribution in [1.29, 1.82) is 0 Å². The van der Waals surface area contributed by atoms with Crippen LogP contribution in [0.15, 0.2) is 48.5 Å². The molecular formula is C23H32N2O3. The molecule has 152 valence electrons. The summed E-state index contributed by atoms with van der Waals surface area (Å²) in [5, 5.41) is 19.3. The number of aromatic hydroxyl groups is 1. The van der Waals surface area contributed by atoms with Gasteiger partial charge < -0.3 is 14.9 Å². The molecule has 1 atom stereocenters. The van der Waals surface area contributed by atoms with Crippen LogP contribution in [0.1, 0.15) is 24.0 Å². The molecule has 0 spiro atoms. The summed E-state index contributed by atoms with van der Waals surface area (Å²) in [6.45, 7) is 5.11. The monoisotopic (exact) mass is 384 g/mol. The van der Waals surface area contributed by atoms with Crippen molar-refractivity contribution in [2.45, 2.75) is 31.8 Å². The van der Waals surface area contributed by atoms with E-state index in [1.54, 1.807) is 13.2 Å². The first-order valence-corrected chi connectivity index (χ1v) is 10.2. The number of rotatable bonds is 9. The Morgan fingerprint density at radius 2 is 1.89 bits per heavy atom. The van der Waals surface area contributed by atoms with Crippen LogP contribution in [0.3, 0.4) is 0 Å². The van der Waals surface area contributed by atoms with Crippen LogP contribution in [0.4, 0.5) is 0 Å². The molecule has 3 rings (SSSR count). The number of phenolic OH excluding ortho intramolecular Hbond substituents is 1. The number of aliphatic hydroxyl groups excluding tert-OH is 1. The minimum absolute atomic E-state index is 0.174. The maximum Gasteiger partial charge on any atom is 0.160 e. The van der Waals surface area contributed by atoms with Crippen LogP contribution in [0.25, 0.3) is 0 Å². The molecule has 5 heteroatoms. The van der Waals surface area contributed by atoms with Gasteiger partial charge in [0.1, 0.15) is 0 Å². The molecule has 0 saturated carbocycles. The summed E-state index contributed by atoms with van der Waals surface area (Å²) in [5.41, 5.74) is 2.52. The van der Waals surface area contributed by atoms with Crippen molar-refractivity contribution in [2.75, 3.05) is 39.9 Å². The minimum atomic E-state index is 0.174. The van der Waals surface area contributed by atoms with Crippen molar-refractivity contribution < 1.29 is 14.9 Å². The molecule has 1 heterocycles. The van der Waals surface area contributed by atoms with Gasteiger partial charge in [0.05, 0.1) is 7.11 Å². The molecule has 2 aromatic carbocycles. The lowest BCUT2D eigenvalue weighted by Crippen LogP contribution is -2.53. The van der Waals surface area contributed by atoms with Crippen LogP contribution in [-0.4, -0.2) is 66.0 Å². The van der Waals surface area contributed by atoms with E-state index in [4.69, 9.17) is 4.74 Å². The van der Waals surface area contributed by atoms with Gasteiger partial charge in [-0.1, -0.05) is 36.4 Å². The number of nitrogens with zero attached hydrogens (tertiary/aromatic N) is 2. The van der Waals surface area contributed by atoms with E-state index in [9.17, 15) is 10.2 Å². The maximum atomic E-state index is 9.78. The fraction of sp³-hybridized carbons (Fsp3) is 0.478. The Morgan fingerprint density at radius 1 is 1.07 bits per heavy atom. The Balaban J connectivity index is 1.53. The van der Waals surface area contributed by atoms with Crippen LogP contribution in [0.5, 0.6) is 11.5 Å². The second-order valence-electron chi connectivity index (χ2n) is 7.53. The topological polar surface area (TPSA) is 56.2 Å². The molecule has 0 amide bonds. The lowest BCUT2D eigenvalue weighted by Gasteiger charge is -2.41. The van der Waals surface area contributed by atoms with Crippen LogP contribution < -0.4 is 4.74 Å². The van der Waals surface area contributed by atoms with Gasteiger partial charge in [-0.2, -0.15) is 0 Å². The van der Waals surface area contributed by atoms with E-state index in [0.29, 0.717) is 11.8 Å². The summed E-state index contributed by atoms with van der Waals surface area (Å²) in [6, 6.07) is 16.6. The summed E-state index contributed by atoms with van der Waals surface area (Å²) in [6.07, 6.45) is 3.04. The molecule has 0 aliphatic carbocycles. The van der Waals surface area contributed by atoms with Crippen molar-refractivity contribution in [1.82, 2.24) is 9.80 Å². The Labute approximate surface area is 168 Å². The molecule has 5 nitrogen and oxygen atoms in total. The third-order valence-electron chi connectivity index (χ3n) is 5.56. The second-order valence-corrected chi connectivity index (χ2v) is 7.53. The number of piperazine rings is 1. The molecule has 0 radical (unpaired) electrons. The fourth-order valence-electron chi connectivity index (χ4n) is 4.03. The Morgan fingerprint density at radius 3 is 2.64 bits per heavy atom. The van der Waals surface area contributed by atoms with Gasteiger partial charge in [-0.25, -0.2) is 0 Å². The minimum Gasteiger partial charge on any atom is -0.504 e. The van der Waals surface area contributed by atoms with Crippen molar-refractivity contribution in [3.05, 3.63) is 59.7 Å². The van der Waals surface area contributed by atoms with Gasteiger partial charge in [0.2, 0.25) is 0 Å². The van der Waals surface area contributed by atoms with E-state index in [1.807, 2.05) is 12.1 Å². The molecule has 2 N–H and O–H groups in total. The van der Waals surface area contributed by atoms with Crippen molar-refractivity contribution >= 4 is 0 Å². The molecule has 1 aliphatic heterocycles. The van der Waals surface area contributed by atoms with Gasteiger partial charge in [0.15, 0.2) is 11.5 Å². The Bertz CT molecular complexity index is 723. The molecule has 2 aromatic rings. The van der Waals surface area contributed by atoms with Gasteiger partial charge in [0.25, 0.3) is 0 Å². The number of ether oxygens (including phenoxy) is 1. The van der Waals surface area contributed by atoms with Crippen LogP contribution >= 0.6 is 0 Å². The molecule has 28 heavy (non-hydrogen) atoms. The SMILES string of the molecule is COc1cc(CN2CCN(CCCc3ccccc3)C(CCO)C2)ccc1O. The quantitative estimate of drug-likeness (QED) is 0.696. The largest absolute Gasteiger partial charge is 0.504 e. The normalized spacial score (nSPS) is 18.3. The first-order valence-electron chi connectivity index (χ1n) is 10.2. The average Bonchev–Trinajstić information content (AvgIpc) is 2.72. The number of phenols is 1. The average molecular weight is 385 g/mol. The van der Waals surface area contributed by atoms with Crippen molar-refractivity contribution in [2.24, 2.45) is 0 Å². The van der Waals surface area contributed by atoms with Gasteiger partial charge in [-0.3, -0.25) is 9.80 Å². The number of hydrogen-bond acceptors (Lipinski definition) is 5. The number of methoxy groups -OCH3 is 1. The lowest BCUT2D eigenvalue weighted by molar-refractivity contribution is 0.0546. The number of aryl methyl sites for hydroxylation is 1. The van der Waals surface area contributed by atoms with Crippen molar-refractivity contribution in [3.63, 3.8) is 0 Å². The predicted molar refractivity (Wildman–Crippen MR) is 112 cm³/mol. The third kappa shape index (κ3) is 5.71. The molecule has 1 aliphatic rings. The predicted octanol–water partition coefficient (Wildman–Crippen LogP) is 2.90. The summed E-state index contributed by atoms with van der Waals surface area (Å²) in [4.78, 5) is 4.97. The van der Waals surface area contributed by atoms with E-state index in [2.05, 4.69) is 40.1 Å². The maximum absolute atomic E-state index is 9.78. The Kier molecular flexibility index (Phi) is 7.71. The zero-order valence-corrected chi connectivity index (χ0v) is 16.8. The molecular weight excluding hydrogens is 352 g/mol. The van der Waals surface area contributed by atoms with E-state index in [0.717, 1.165) is 57.5 Å². The zero-order chi connectivity index (χ0) is 19.8. The Hall–Kier alpha value is -2.08. The summed E-state index contributed by atoms with van der Waals surface area (Å²) in [7, 11) is 1.57. The van der Waals surface area contributed by atoms with Crippen LogP contribution in [-0.2, 0) is 13.0 Å². The molecule has 1 fully saturated rings. The highest BCUT2D eigenvalue weighted by molar-refractivity contribution is 5.41. The summed E-state index contributed by atoms with van der Waals surface area (Å²) < 4.78 is 5.22. The first kappa shape index (κ1) is 20.6. The number of aliphatic hydroxyl groups is 1. The van der Waals surface area contributed by atoms with Gasteiger partial charge >= 0.3 is 0 Å². The highest BCUT2D eigenvalue weighted by Crippen LogP contribution is 2.27. The van der Waals surface area contributed by atoms with Gasteiger partial charge in [-0.05, 0) is 49.1 Å². The molecule has 0 aromatic heterocycles. The molecule has 1 saturated heterocycles. The first-order chi connectivity index (χ1) is 13.7. The smallest absolute Gasteiger partial charge is 0.160 e. The van der Waals surface area contributed by atoms with E-state index in [-0.39, 0.29) is 12.4 Å². The standard InChI is InChI=1S/C23H32N2O3/c1-28-23-16-20(9-10-22(23)27)17-24-13-14-25(21(18-24)11-15-26)12-5-8-19-6-3-2-4-7-19/h2-4,6-7,9-10,16,21,26-27H,5,8,11-15,17-18H2,1H3. The fourth-order valence-corrected chi connectivity index (χ4v) is 4.03. The lowest BCUT2D eigenvalue weighted by atomic mass is 10.1. The zero-order valence-electron chi connectivity index (χ0n) is 16.8. The summed E-state index contributed by atoms with van der Waals surface area (Å²) in [5.74, 6) is 0.691. The van der Waals surface area contributed by atoms with Gasteiger partial charge in [0, 0.05) is 38.8 Å². The van der Waals surface area contributed by atoms with Crippen LogP contribution in [0.2, 0.25) is 0 Å². The van der Waals surface area contributed by atoms with E-state index < -0.39 is 0 Å². The molecule has 0 bridgehead atoms. The second kappa shape index (κ2) is 10.5. The van der Waals surface area contributed by atoms with E-state index in [1.165, 1.54) is 5.56 Å². The molecule has 1 unspecified atom stereocenters. The third-order valence-corrected chi connectivity index (χ3v) is 5.56. The number of benzene rings is 2. The van der Waals surface area contributed by atoms with Gasteiger partial charge in [-0.15, -0.1) is 0 Å². The van der Waals surface area contributed by atoms with Crippen LogP contribution in [0, 0.1) is 0 Å².